The van der Waals surface area contributed by atoms with Crippen LogP contribution >= 0.6 is 0 Å². The minimum Gasteiger partial charge on any atom is -0.389 e. The highest BCUT2D eigenvalue weighted by Crippen LogP contribution is 2.36. The number of hydrogen-bond donors (Lipinski definition) is 1. The molecule has 0 spiro atoms. The second-order valence-electron chi connectivity index (χ2n) is 7.28. The molecule has 0 bridgehead atoms. The zero-order valence-electron chi connectivity index (χ0n) is 13.2. The van der Waals surface area contributed by atoms with Gasteiger partial charge in [-0.3, -0.25) is 9.59 Å². The molecule has 3 heterocycles. The monoisotopic (exact) mass is 321 g/mol. The molecule has 4 rings (SSSR count). The lowest BCUT2D eigenvalue weighted by molar-refractivity contribution is -0.140. The van der Waals surface area contributed by atoms with E-state index in [-0.39, 0.29) is 30.3 Å². The van der Waals surface area contributed by atoms with E-state index in [1.807, 2.05) is 4.90 Å². The van der Waals surface area contributed by atoms with Gasteiger partial charge in [-0.25, -0.2) is 0 Å². The predicted octanol–water partition coefficient (Wildman–Crippen LogP) is 0.127. The summed E-state index contributed by atoms with van der Waals surface area (Å²) in [6.07, 6.45) is 4.44. The molecule has 0 unspecified atom stereocenters. The van der Waals surface area contributed by atoms with Crippen molar-refractivity contribution in [2.24, 2.45) is 11.1 Å². The van der Waals surface area contributed by atoms with Crippen molar-refractivity contribution in [3.63, 3.8) is 0 Å². The van der Waals surface area contributed by atoms with Crippen LogP contribution in [0.1, 0.15) is 38.5 Å². The fraction of sp³-hybridized carbons (Fsp3) is 0.812. The molecular weight excluding hydrogens is 298 g/mol. The van der Waals surface area contributed by atoms with Crippen LogP contribution < -0.4 is 0 Å². The number of likely N-dealkylation sites (tertiary alicyclic amines) is 2. The molecule has 7 heteroatoms. The fourth-order valence-corrected chi connectivity index (χ4v) is 3.97. The summed E-state index contributed by atoms with van der Waals surface area (Å²) in [7, 11) is 0. The molecule has 7 nitrogen and oxygen atoms in total. The molecule has 23 heavy (non-hydrogen) atoms. The van der Waals surface area contributed by atoms with E-state index < -0.39 is 5.60 Å². The van der Waals surface area contributed by atoms with Crippen molar-refractivity contribution in [3.8, 4) is 0 Å². The Bertz CT molecular complexity index is 552. The molecule has 126 valence electrons. The molecule has 2 atom stereocenters. The largest absolute Gasteiger partial charge is 0.389 e. The first-order chi connectivity index (χ1) is 11.1. The third-order valence-electron chi connectivity index (χ3n) is 5.63. The first-order valence-electron chi connectivity index (χ1n) is 8.59. The highest BCUT2D eigenvalue weighted by atomic mass is 16.6. The van der Waals surface area contributed by atoms with Gasteiger partial charge in [0.1, 0.15) is 0 Å². The number of aliphatic hydroxyl groups is 1. The molecule has 0 aromatic heterocycles. The topological polar surface area (TPSA) is 82.4 Å². The van der Waals surface area contributed by atoms with Crippen LogP contribution in [-0.4, -0.2) is 70.3 Å². The number of fused-ring (bicyclic) bond motifs is 1. The number of rotatable bonds is 3. The van der Waals surface area contributed by atoms with Gasteiger partial charge in [0.05, 0.1) is 24.5 Å². The minimum absolute atomic E-state index is 0.0399. The van der Waals surface area contributed by atoms with Crippen LogP contribution in [0.4, 0.5) is 0 Å². The molecule has 3 aliphatic heterocycles. The first kappa shape index (κ1) is 14.9. The van der Waals surface area contributed by atoms with E-state index in [1.54, 1.807) is 4.90 Å². The maximum atomic E-state index is 12.5. The van der Waals surface area contributed by atoms with E-state index in [0.29, 0.717) is 31.6 Å². The summed E-state index contributed by atoms with van der Waals surface area (Å²) >= 11 is 0. The molecule has 1 N–H and O–H groups in total. The summed E-state index contributed by atoms with van der Waals surface area (Å²) in [5.41, 5.74) is -0.340. The molecule has 0 aromatic carbocycles. The van der Waals surface area contributed by atoms with Crippen LogP contribution in [-0.2, 0) is 14.4 Å². The van der Waals surface area contributed by atoms with E-state index in [9.17, 15) is 14.7 Å². The minimum atomic E-state index is -0.808. The van der Waals surface area contributed by atoms with Gasteiger partial charge in [0.25, 0.3) is 5.91 Å². The maximum absolute atomic E-state index is 12.5. The number of hydrogen-bond acceptors (Lipinski definition) is 5. The van der Waals surface area contributed by atoms with Gasteiger partial charge in [0.2, 0.25) is 5.91 Å². The van der Waals surface area contributed by atoms with Crippen LogP contribution in [0.3, 0.4) is 0 Å². The average molecular weight is 321 g/mol. The van der Waals surface area contributed by atoms with Crippen LogP contribution in [0.15, 0.2) is 5.16 Å². The predicted molar refractivity (Wildman–Crippen MR) is 81.6 cm³/mol. The molecule has 2 amide bonds. The normalized spacial score (nSPS) is 31.4. The van der Waals surface area contributed by atoms with E-state index in [4.69, 9.17) is 4.84 Å². The molecule has 0 radical (unpaired) electrons. The zero-order valence-corrected chi connectivity index (χ0v) is 13.2. The summed E-state index contributed by atoms with van der Waals surface area (Å²) < 4.78 is 0. The van der Waals surface area contributed by atoms with Crippen molar-refractivity contribution in [2.75, 3.05) is 26.2 Å². The quantitative estimate of drug-likeness (QED) is 0.801. The molecule has 2 saturated heterocycles. The fourth-order valence-electron chi connectivity index (χ4n) is 3.97. The van der Waals surface area contributed by atoms with Gasteiger partial charge in [-0.15, -0.1) is 0 Å². The smallest absolute Gasteiger partial charge is 0.272 e. The zero-order chi connectivity index (χ0) is 16.0. The number of carbonyl (C=O) groups is 2. The summed E-state index contributed by atoms with van der Waals surface area (Å²) in [6, 6.07) is 0. The van der Waals surface area contributed by atoms with Crippen molar-refractivity contribution >= 4 is 17.5 Å². The Balaban J connectivity index is 1.38. The van der Waals surface area contributed by atoms with Gasteiger partial charge in [0, 0.05) is 19.6 Å². The third kappa shape index (κ3) is 2.60. The maximum Gasteiger partial charge on any atom is 0.272 e. The molecule has 1 aliphatic carbocycles. The summed E-state index contributed by atoms with van der Waals surface area (Å²) in [6.45, 7) is 2.49. The standard InChI is InChI=1S/C16H23N3O4/c20-13(8-16(22)4-3-5-16)19-9-11-12(10-19)23-17-14(11)15(21)18-6-1-2-7-18/h11-12,22H,1-10H2/t11-,12+/m0/s1. The Morgan fingerprint density at radius 3 is 2.57 bits per heavy atom. The molecule has 3 fully saturated rings. The van der Waals surface area contributed by atoms with Crippen LogP contribution in [0.25, 0.3) is 0 Å². The molecule has 1 saturated carbocycles. The van der Waals surface area contributed by atoms with Gasteiger partial charge in [-0.1, -0.05) is 5.16 Å². The van der Waals surface area contributed by atoms with Crippen molar-refractivity contribution < 1.29 is 19.5 Å². The van der Waals surface area contributed by atoms with Gasteiger partial charge < -0.3 is 19.7 Å². The van der Waals surface area contributed by atoms with Gasteiger partial charge in [-0.2, -0.15) is 0 Å². The highest BCUT2D eigenvalue weighted by molar-refractivity contribution is 6.40. The number of oxime groups is 1. The highest BCUT2D eigenvalue weighted by Gasteiger charge is 2.48. The summed E-state index contributed by atoms with van der Waals surface area (Å²) in [5.74, 6) is -0.205. The number of carbonyl (C=O) groups excluding carboxylic acids is 2. The third-order valence-corrected chi connectivity index (χ3v) is 5.63. The van der Waals surface area contributed by atoms with Crippen molar-refractivity contribution in [1.29, 1.82) is 0 Å². The SMILES string of the molecule is O=C(CC1(O)CCC1)N1C[C@@H]2C(C(=O)N3CCCC3)=NO[C@@H]2C1. The Hall–Kier alpha value is -1.63. The van der Waals surface area contributed by atoms with Gasteiger partial charge in [0.15, 0.2) is 11.8 Å². The Morgan fingerprint density at radius 2 is 1.91 bits per heavy atom. The second-order valence-corrected chi connectivity index (χ2v) is 7.28. The lowest BCUT2D eigenvalue weighted by atomic mass is 9.77. The first-order valence-corrected chi connectivity index (χ1v) is 8.59. The van der Waals surface area contributed by atoms with E-state index in [0.717, 1.165) is 32.4 Å². The van der Waals surface area contributed by atoms with Crippen LogP contribution in [0.2, 0.25) is 0 Å². The van der Waals surface area contributed by atoms with Crippen molar-refractivity contribution in [3.05, 3.63) is 0 Å². The van der Waals surface area contributed by atoms with Crippen molar-refractivity contribution in [2.45, 2.75) is 50.2 Å². The molecular formula is C16H23N3O4. The Labute approximate surface area is 135 Å². The Morgan fingerprint density at radius 1 is 1.17 bits per heavy atom. The second kappa shape index (κ2) is 5.47. The van der Waals surface area contributed by atoms with E-state index >= 15 is 0 Å². The van der Waals surface area contributed by atoms with Gasteiger partial charge >= 0.3 is 0 Å². The summed E-state index contributed by atoms with van der Waals surface area (Å²) in [4.78, 5) is 33.9. The number of amides is 2. The lowest BCUT2D eigenvalue weighted by Crippen LogP contribution is -2.43. The van der Waals surface area contributed by atoms with Crippen LogP contribution in [0.5, 0.6) is 0 Å². The average Bonchev–Trinajstić information content (AvgIpc) is 3.20. The Kier molecular flexibility index (Phi) is 3.55. The van der Waals surface area contributed by atoms with Gasteiger partial charge in [-0.05, 0) is 32.1 Å². The lowest BCUT2D eigenvalue weighted by Gasteiger charge is -2.37. The number of nitrogens with zero attached hydrogens (tertiary/aromatic N) is 3. The molecule has 0 aromatic rings. The van der Waals surface area contributed by atoms with E-state index in [1.165, 1.54) is 0 Å². The van der Waals surface area contributed by atoms with Crippen molar-refractivity contribution in [1.82, 2.24) is 9.80 Å². The molecule has 4 aliphatic rings. The van der Waals surface area contributed by atoms with E-state index in [2.05, 4.69) is 5.16 Å². The van der Waals surface area contributed by atoms with Crippen LogP contribution in [0, 0.1) is 5.92 Å². The summed E-state index contributed by atoms with van der Waals surface area (Å²) in [5, 5.41) is 14.2.